The number of benzene rings is 2. The molecule has 4 rings (SSSR count). The third-order valence-electron chi connectivity index (χ3n) is 6.12. The van der Waals surface area contributed by atoms with E-state index in [9.17, 15) is 14.7 Å². The number of likely N-dealkylation sites (tertiary alicyclic amines) is 1. The second-order valence-corrected chi connectivity index (χ2v) is 8.88. The van der Waals surface area contributed by atoms with E-state index in [1.165, 1.54) is 0 Å². The van der Waals surface area contributed by atoms with Gasteiger partial charge in [0.1, 0.15) is 23.4 Å². The second kappa shape index (κ2) is 9.27. The molecule has 0 bridgehead atoms. The maximum atomic E-state index is 13.2. The first-order valence-electron chi connectivity index (χ1n) is 11.2. The Morgan fingerprint density at radius 3 is 2.73 bits per heavy atom. The van der Waals surface area contributed by atoms with Crippen molar-refractivity contribution >= 4 is 17.4 Å². The number of carbonyl (C=O) groups is 2. The minimum atomic E-state index is -0.689. The quantitative estimate of drug-likeness (QED) is 0.396. The van der Waals surface area contributed by atoms with Gasteiger partial charge in [-0.2, -0.15) is 0 Å². The minimum absolute atomic E-state index is 0.0662. The monoisotopic (exact) mass is 450 g/mol. The molecule has 0 radical (unpaired) electrons. The molecule has 1 N–H and O–H groups in total. The molecule has 2 heterocycles. The van der Waals surface area contributed by atoms with Crippen LogP contribution in [-0.2, 0) is 16.0 Å². The van der Waals surface area contributed by atoms with E-state index in [2.05, 4.69) is 0 Å². The molecule has 2 aliphatic heterocycles. The fourth-order valence-electron chi connectivity index (χ4n) is 4.55. The fraction of sp³-hybridized carbons (Fsp3) is 0.385. The first kappa shape index (κ1) is 22.9. The van der Waals surface area contributed by atoms with Crippen LogP contribution in [0.1, 0.15) is 36.1 Å². The number of methoxy groups -OCH3 is 1. The van der Waals surface area contributed by atoms with Gasteiger partial charge in [0.2, 0.25) is 0 Å². The van der Waals surface area contributed by atoms with Crippen LogP contribution >= 0.6 is 0 Å². The number of hydrogen-bond acceptors (Lipinski definition) is 6. The molecule has 33 heavy (non-hydrogen) atoms. The lowest BCUT2D eigenvalue weighted by atomic mass is 9.94. The molecule has 2 aromatic carbocycles. The van der Waals surface area contributed by atoms with Crippen molar-refractivity contribution in [3.8, 4) is 11.5 Å². The van der Waals surface area contributed by atoms with Gasteiger partial charge in [0.25, 0.3) is 11.7 Å². The Morgan fingerprint density at radius 1 is 1.21 bits per heavy atom. The smallest absolute Gasteiger partial charge is 0.295 e. The summed E-state index contributed by atoms with van der Waals surface area (Å²) in [4.78, 5) is 29.8. The molecule has 0 spiro atoms. The Hall–Kier alpha value is -3.32. The van der Waals surface area contributed by atoms with Crippen LogP contribution in [0.3, 0.4) is 0 Å². The van der Waals surface area contributed by atoms with Crippen molar-refractivity contribution in [1.29, 1.82) is 0 Å². The molecule has 7 nitrogen and oxygen atoms in total. The maximum absolute atomic E-state index is 13.2. The van der Waals surface area contributed by atoms with Crippen LogP contribution in [0.2, 0.25) is 0 Å². The summed E-state index contributed by atoms with van der Waals surface area (Å²) in [6, 6.07) is 12.0. The number of ketones is 1. The molecule has 0 saturated carbocycles. The summed E-state index contributed by atoms with van der Waals surface area (Å²) >= 11 is 0. The molecular weight excluding hydrogens is 420 g/mol. The molecule has 0 aliphatic carbocycles. The Labute approximate surface area is 194 Å². The summed E-state index contributed by atoms with van der Waals surface area (Å²) in [5.74, 6) is -0.0299. The lowest BCUT2D eigenvalue weighted by Crippen LogP contribution is -2.32. The van der Waals surface area contributed by atoms with Crippen molar-refractivity contribution in [3.63, 3.8) is 0 Å². The first-order chi connectivity index (χ1) is 15.8. The van der Waals surface area contributed by atoms with E-state index in [4.69, 9.17) is 9.47 Å². The molecular formula is C26H30N2O5. The largest absolute Gasteiger partial charge is 0.507 e. The van der Waals surface area contributed by atoms with Crippen molar-refractivity contribution in [2.45, 2.75) is 31.9 Å². The van der Waals surface area contributed by atoms with E-state index in [1.807, 2.05) is 56.3 Å². The summed E-state index contributed by atoms with van der Waals surface area (Å²) in [6.07, 6.45) is 1.50. The standard InChI is InChI=1S/C26H30N2O5/c1-16-13-19-14-18(9-10-21(19)33-16)24(29)22-23(17-7-5-8-20(15-17)32-4)28(26(31)25(22)30)12-6-11-27(2)3/h5,7-10,14-16,23,29H,6,11-13H2,1-4H3. The molecule has 174 valence electrons. The Bertz CT molecular complexity index is 1110. The van der Waals surface area contributed by atoms with Crippen LogP contribution in [0.25, 0.3) is 5.76 Å². The van der Waals surface area contributed by atoms with Crippen LogP contribution in [0.15, 0.2) is 48.0 Å². The third kappa shape index (κ3) is 4.46. The number of nitrogens with zero attached hydrogens (tertiary/aromatic N) is 2. The van der Waals surface area contributed by atoms with Crippen LogP contribution in [0.4, 0.5) is 0 Å². The number of fused-ring (bicyclic) bond motifs is 1. The van der Waals surface area contributed by atoms with E-state index in [0.29, 0.717) is 24.3 Å². The molecule has 1 amide bonds. The zero-order valence-corrected chi connectivity index (χ0v) is 19.5. The number of ether oxygens (including phenoxy) is 2. The highest BCUT2D eigenvalue weighted by Crippen LogP contribution is 2.41. The van der Waals surface area contributed by atoms with Gasteiger partial charge >= 0.3 is 0 Å². The number of rotatable bonds is 7. The average Bonchev–Trinajstić information content (AvgIpc) is 3.29. The molecule has 2 unspecified atom stereocenters. The van der Waals surface area contributed by atoms with Gasteiger partial charge in [-0.15, -0.1) is 0 Å². The molecule has 2 aliphatic rings. The number of aliphatic hydroxyl groups is 1. The van der Waals surface area contributed by atoms with Crippen LogP contribution in [-0.4, -0.2) is 67.0 Å². The lowest BCUT2D eigenvalue weighted by Gasteiger charge is -2.26. The van der Waals surface area contributed by atoms with Gasteiger partial charge in [0, 0.05) is 18.5 Å². The number of hydrogen-bond donors (Lipinski definition) is 1. The molecule has 2 atom stereocenters. The van der Waals surface area contributed by atoms with Crippen LogP contribution < -0.4 is 9.47 Å². The van der Waals surface area contributed by atoms with Crippen molar-refractivity contribution in [3.05, 3.63) is 64.7 Å². The SMILES string of the molecule is COc1cccc(C2C(=C(O)c3ccc4c(c3)CC(C)O4)C(=O)C(=O)N2CCCN(C)C)c1. The van der Waals surface area contributed by atoms with E-state index in [0.717, 1.165) is 29.8 Å². The molecule has 7 heteroatoms. The number of amides is 1. The van der Waals surface area contributed by atoms with Gasteiger partial charge in [0.15, 0.2) is 0 Å². The first-order valence-corrected chi connectivity index (χ1v) is 11.2. The minimum Gasteiger partial charge on any atom is -0.507 e. The maximum Gasteiger partial charge on any atom is 0.295 e. The highest BCUT2D eigenvalue weighted by atomic mass is 16.5. The zero-order chi connectivity index (χ0) is 23.7. The van der Waals surface area contributed by atoms with E-state index >= 15 is 0 Å². The Morgan fingerprint density at radius 2 is 2.00 bits per heavy atom. The van der Waals surface area contributed by atoms with Crippen LogP contribution in [0, 0.1) is 0 Å². The summed E-state index contributed by atoms with van der Waals surface area (Å²) in [5, 5.41) is 11.3. The second-order valence-electron chi connectivity index (χ2n) is 8.88. The molecule has 1 saturated heterocycles. The zero-order valence-electron chi connectivity index (χ0n) is 19.5. The normalized spacial score (nSPS) is 21.4. The lowest BCUT2D eigenvalue weighted by molar-refractivity contribution is -0.139. The van der Waals surface area contributed by atoms with E-state index in [1.54, 1.807) is 24.1 Å². The van der Waals surface area contributed by atoms with Gasteiger partial charge in [0.05, 0.1) is 18.7 Å². The summed E-state index contributed by atoms with van der Waals surface area (Å²) in [7, 11) is 5.50. The Kier molecular flexibility index (Phi) is 6.42. The predicted molar refractivity (Wildman–Crippen MR) is 125 cm³/mol. The number of aliphatic hydroxyl groups excluding tert-OH is 1. The van der Waals surface area contributed by atoms with Gasteiger partial charge in [-0.25, -0.2) is 0 Å². The van der Waals surface area contributed by atoms with Crippen molar-refractivity contribution in [2.24, 2.45) is 0 Å². The highest BCUT2D eigenvalue weighted by molar-refractivity contribution is 6.46. The van der Waals surface area contributed by atoms with E-state index < -0.39 is 17.7 Å². The predicted octanol–water partition coefficient (Wildman–Crippen LogP) is 3.39. The van der Waals surface area contributed by atoms with Gasteiger partial charge in [-0.3, -0.25) is 9.59 Å². The van der Waals surface area contributed by atoms with Gasteiger partial charge in [-0.05, 0) is 75.4 Å². The van der Waals surface area contributed by atoms with E-state index in [-0.39, 0.29) is 17.4 Å². The Balaban J connectivity index is 1.79. The summed E-state index contributed by atoms with van der Waals surface area (Å²) in [5.41, 5.74) is 2.30. The van der Waals surface area contributed by atoms with Crippen molar-refractivity contribution in [2.75, 3.05) is 34.3 Å². The van der Waals surface area contributed by atoms with Crippen molar-refractivity contribution < 1.29 is 24.2 Å². The van der Waals surface area contributed by atoms with Gasteiger partial charge < -0.3 is 24.4 Å². The highest BCUT2D eigenvalue weighted by Gasteiger charge is 2.46. The third-order valence-corrected chi connectivity index (χ3v) is 6.12. The van der Waals surface area contributed by atoms with Crippen LogP contribution in [0.5, 0.6) is 11.5 Å². The van der Waals surface area contributed by atoms with Crippen molar-refractivity contribution in [1.82, 2.24) is 9.80 Å². The summed E-state index contributed by atoms with van der Waals surface area (Å²) < 4.78 is 11.1. The number of carbonyl (C=O) groups excluding carboxylic acids is 2. The van der Waals surface area contributed by atoms with Gasteiger partial charge in [-0.1, -0.05) is 12.1 Å². The summed E-state index contributed by atoms with van der Waals surface area (Å²) in [6.45, 7) is 3.16. The molecule has 2 aromatic rings. The average molecular weight is 451 g/mol. The number of Topliss-reactive ketones (excluding diaryl/α,β-unsaturated/α-hetero) is 1. The molecule has 0 aromatic heterocycles. The fourth-order valence-corrected chi connectivity index (χ4v) is 4.55. The topological polar surface area (TPSA) is 79.3 Å². The molecule has 1 fully saturated rings.